The van der Waals surface area contributed by atoms with Crippen molar-refractivity contribution in [2.24, 2.45) is 0 Å². The lowest BCUT2D eigenvalue weighted by molar-refractivity contribution is -0.118. The molecule has 2 amide bonds. The fourth-order valence-corrected chi connectivity index (χ4v) is 3.22. The molecule has 0 aliphatic heterocycles. The van der Waals surface area contributed by atoms with Crippen LogP contribution in [0.4, 0.5) is 11.4 Å². The van der Waals surface area contributed by atoms with Crippen LogP contribution in [0, 0.1) is 25.2 Å². The summed E-state index contributed by atoms with van der Waals surface area (Å²) in [5.41, 5.74) is 3.89. The summed E-state index contributed by atoms with van der Waals surface area (Å²) in [5, 5.41) is 14.9. The van der Waals surface area contributed by atoms with Gasteiger partial charge >= 0.3 is 5.97 Å². The van der Waals surface area contributed by atoms with Crippen molar-refractivity contribution in [2.45, 2.75) is 13.8 Å². The van der Waals surface area contributed by atoms with Gasteiger partial charge in [0.15, 0.2) is 6.61 Å². The van der Waals surface area contributed by atoms with E-state index in [2.05, 4.69) is 15.4 Å². The summed E-state index contributed by atoms with van der Waals surface area (Å²) in [7, 11) is 1.28. The van der Waals surface area contributed by atoms with Crippen molar-refractivity contribution >= 4 is 35.2 Å². The predicted octanol–water partition coefficient (Wildman–Crippen LogP) is 4.65. The van der Waals surface area contributed by atoms with Gasteiger partial charge in [0, 0.05) is 11.4 Å². The topological polar surface area (TPSA) is 118 Å². The normalized spacial score (nSPS) is 10.7. The predicted molar refractivity (Wildman–Crippen MR) is 136 cm³/mol. The number of nitrogens with one attached hydrogen (secondary N) is 2. The molecule has 36 heavy (non-hydrogen) atoms. The van der Waals surface area contributed by atoms with Crippen LogP contribution in [0.25, 0.3) is 6.08 Å². The van der Waals surface area contributed by atoms with Crippen LogP contribution in [0.3, 0.4) is 0 Å². The Morgan fingerprint density at radius 2 is 1.72 bits per heavy atom. The molecule has 0 heterocycles. The number of hydrogen-bond acceptors (Lipinski definition) is 6. The van der Waals surface area contributed by atoms with Gasteiger partial charge in [-0.3, -0.25) is 9.59 Å². The van der Waals surface area contributed by atoms with Gasteiger partial charge in [-0.25, -0.2) is 4.79 Å². The molecule has 0 aliphatic carbocycles. The number of nitrogens with zero attached hydrogens (tertiary/aromatic N) is 1. The first-order chi connectivity index (χ1) is 17.3. The molecule has 182 valence electrons. The number of esters is 1. The molecule has 0 fully saturated rings. The summed E-state index contributed by atoms with van der Waals surface area (Å²) in [6.07, 6.45) is 1.42. The third kappa shape index (κ3) is 7.05. The molecule has 0 atom stereocenters. The van der Waals surface area contributed by atoms with E-state index in [1.54, 1.807) is 24.3 Å². The van der Waals surface area contributed by atoms with Crippen LogP contribution in [-0.2, 0) is 14.3 Å². The number of aryl methyl sites for hydroxylation is 2. The Hall–Kier alpha value is -4.90. The van der Waals surface area contributed by atoms with E-state index in [4.69, 9.17) is 4.74 Å². The van der Waals surface area contributed by atoms with Crippen molar-refractivity contribution in [1.82, 2.24) is 0 Å². The van der Waals surface area contributed by atoms with Crippen LogP contribution in [0.5, 0.6) is 5.75 Å². The summed E-state index contributed by atoms with van der Waals surface area (Å²) in [4.78, 5) is 36.4. The largest absolute Gasteiger partial charge is 0.484 e. The smallest absolute Gasteiger partial charge is 0.337 e. The highest BCUT2D eigenvalue weighted by molar-refractivity contribution is 6.09. The first kappa shape index (κ1) is 25.7. The van der Waals surface area contributed by atoms with Crippen molar-refractivity contribution in [1.29, 1.82) is 5.26 Å². The quantitative estimate of drug-likeness (QED) is 0.274. The first-order valence-electron chi connectivity index (χ1n) is 11.0. The van der Waals surface area contributed by atoms with Gasteiger partial charge < -0.3 is 20.1 Å². The highest BCUT2D eigenvalue weighted by atomic mass is 16.5. The minimum absolute atomic E-state index is 0.128. The molecular formula is C28H25N3O5. The molecule has 8 heteroatoms. The molecule has 0 aromatic heterocycles. The van der Waals surface area contributed by atoms with Gasteiger partial charge in [-0.05, 0) is 79.1 Å². The van der Waals surface area contributed by atoms with Crippen LogP contribution < -0.4 is 15.4 Å². The van der Waals surface area contributed by atoms with Gasteiger partial charge in [-0.15, -0.1) is 0 Å². The number of carbonyl (C=O) groups is 3. The highest BCUT2D eigenvalue weighted by Crippen LogP contribution is 2.19. The van der Waals surface area contributed by atoms with Crippen molar-refractivity contribution in [3.8, 4) is 11.8 Å². The van der Waals surface area contributed by atoms with E-state index in [0.29, 0.717) is 22.6 Å². The maximum atomic E-state index is 12.6. The standard InChI is InChI=1S/C28H25N3O5/c1-18-7-8-19(2)25(13-18)31-26(32)17-36-24-6-4-5-20(15-24)14-22(16-29)27(33)30-23-11-9-21(10-12-23)28(34)35-3/h4-15H,17H2,1-3H3,(H,30,33)(H,31,32)/b22-14-. The number of amides is 2. The Labute approximate surface area is 209 Å². The zero-order chi connectivity index (χ0) is 26.1. The van der Waals surface area contributed by atoms with Crippen LogP contribution in [0.2, 0.25) is 0 Å². The van der Waals surface area contributed by atoms with Gasteiger partial charge in [-0.1, -0.05) is 24.3 Å². The van der Waals surface area contributed by atoms with Gasteiger partial charge in [0.25, 0.3) is 11.8 Å². The maximum absolute atomic E-state index is 12.6. The third-order valence-corrected chi connectivity index (χ3v) is 5.14. The van der Waals surface area contributed by atoms with E-state index in [9.17, 15) is 19.6 Å². The molecule has 0 radical (unpaired) electrons. The second-order valence-corrected chi connectivity index (χ2v) is 7.92. The zero-order valence-electron chi connectivity index (χ0n) is 20.1. The third-order valence-electron chi connectivity index (χ3n) is 5.14. The van der Waals surface area contributed by atoms with Crippen molar-refractivity contribution in [3.63, 3.8) is 0 Å². The number of benzene rings is 3. The monoisotopic (exact) mass is 483 g/mol. The number of ether oxygens (including phenoxy) is 2. The number of nitriles is 1. The fraction of sp³-hybridized carbons (Fsp3) is 0.143. The highest BCUT2D eigenvalue weighted by Gasteiger charge is 2.12. The molecule has 3 aromatic carbocycles. The minimum atomic E-state index is -0.609. The summed E-state index contributed by atoms with van der Waals surface area (Å²) in [5.74, 6) is -0.992. The lowest BCUT2D eigenvalue weighted by atomic mass is 10.1. The molecule has 8 nitrogen and oxygen atoms in total. The second-order valence-electron chi connectivity index (χ2n) is 7.92. The van der Waals surface area contributed by atoms with Gasteiger partial charge in [0.2, 0.25) is 0 Å². The van der Waals surface area contributed by atoms with E-state index in [0.717, 1.165) is 16.8 Å². The summed E-state index contributed by atoms with van der Waals surface area (Å²) >= 11 is 0. The number of methoxy groups -OCH3 is 1. The number of hydrogen-bond donors (Lipinski definition) is 2. The van der Waals surface area contributed by atoms with E-state index < -0.39 is 11.9 Å². The van der Waals surface area contributed by atoms with E-state index in [-0.39, 0.29) is 18.1 Å². The van der Waals surface area contributed by atoms with Crippen molar-refractivity contribution < 1.29 is 23.9 Å². The van der Waals surface area contributed by atoms with Gasteiger partial charge in [0.1, 0.15) is 17.4 Å². The zero-order valence-corrected chi connectivity index (χ0v) is 20.1. The van der Waals surface area contributed by atoms with E-state index in [1.165, 1.54) is 37.5 Å². The number of rotatable bonds is 8. The Kier molecular flexibility index (Phi) is 8.57. The fourth-order valence-electron chi connectivity index (χ4n) is 3.22. The van der Waals surface area contributed by atoms with Crippen molar-refractivity contribution in [3.05, 3.63) is 94.6 Å². The Morgan fingerprint density at radius 3 is 2.42 bits per heavy atom. The second kappa shape index (κ2) is 12.0. The van der Waals surface area contributed by atoms with Gasteiger partial charge in [0.05, 0.1) is 12.7 Å². The van der Waals surface area contributed by atoms with E-state index in [1.807, 2.05) is 38.1 Å². The summed E-state index contributed by atoms with van der Waals surface area (Å²) in [6.45, 7) is 3.65. The lowest BCUT2D eigenvalue weighted by Crippen LogP contribution is -2.20. The maximum Gasteiger partial charge on any atom is 0.337 e. The molecule has 0 bridgehead atoms. The molecule has 0 saturated heterocycles. The van der Waals surface area contributed by atoms with Gasteiger partial charge in [-0.2, -0.15) is 5.26 Å². The minimum Gasteiger partial charge on any atom is -0.484 e. The molecular weight excluding hydrogens is 458 g/mol. The molecule has 0 saturated carbocycles. The van der Waals surface area contributed by atoms with Crippen molar-refractivity contribution in [2.75, 3.05) is 24.4 Å². The number of carbonyl (C=O) groups excluding carboxylic acids is 3. The average Bonchev–Trinajstić information content (AvgIpc) is 2.88. The molecule has 0 unspecified atom stereocenters. The molecule has 2 N–H and O–H groups in total. The van der Waals surface area contributed by atoms with Crippen LogP contribution in [0.1, 0.15) is 27.0 Å². The summed E-state index contributed by atoms with van der Waals surface area (Å²) in [6, 6.07) is 20.5. The average molecular weight is 484 g/mol. The number of anilines is 2. The molecule has 3 rings (SSSR count). The first-order valence-corrected chi connectivity index (χ1v) is 11.0. The van der Waals surface area contributed by atoms with Crippen LogP contribution in [0.15, 0.2) is 72.3 Å². The molecule has 3 aromatic rings. The Morgan fingerprint density at radius 1 is 0.972 bits per heavy atom. The molecule has 0 aliphatic rings. The SMILES string of the molecule is COC(=O)c1ccc(NC(=O)/C(C#N)=C\c2cccc(OCC(=O)Nc3cc(C)ccc3C)c2)cc1. The molecule has 0 spiro atoms. The van der Waals surface area contributed by atoms with E-state index >= 15 is 0 Å². The summed E-state index contributed by atoms with van der Waals surface area (Å²) < 4.78 is 10.2. The lowest BCUT2D eigenvalue weighted by Gasteiger charge is -2.11. The van der Waals surface area contributed by atoms with Crippen LogP contribution >= 0.6 is 0 Å². The Balaban J connectivity index is 1.63. The van der Waals surface area contributed by atoms with Crippen LogP contribution in [-0.4, -0.2) is 31.5 Å². The Bertz CT molecular complexity index is 1350.